The van der Waals surface area contributed by atoms with Gasteiger partial charge in [-0.2, -0.15) is 0 Å². The highest BCUT2D eigenvalue weighted by molar-refractivity contribution is 5.86. The van der Waals surface area contributed by atoms with E-state index in [1.807, 2.05) is 0 Å². The minimum Gasteiger partial charge on any atom is -0.341 e. The Hall–Kier alpha value is -2.20. The van der Waals surface area contributed by atoms with Crippen LogP contribution in [0.5, 0.6) is 0 Å². The van der Waals surface area contributed by atoms with Crippen molar-refractivity contribution in [2.45, 2.75) is 37.3 Å². The molecule has 4 heterocycles. The maximum atomic E-state index is 13.5. The Bertz CT molecular complexity index is 1180. The molecule has 6 rings (SSSR count). The summed E-state index contributed by atoms with van der Waals surface area (Å²) in [5.41, 5.74) is 6.15. The van der Waals surface area contributed by atoms with E-state index in [0.717, 1.165) is 45.3 Å². The van der Waals surface area contributed by atoms with Gasteiger partial charge in [-0.15, -0.1) is 49.6 Å². The van der Waals surface area contributed by atoms with E-state index < -0.39 is 12.3 Å². The van der Waals surface area contributed by atoms with E-state index >= 15 is 0 Å². The number of halogens is 6. The fraction of sp³-hybridized carbons (Fsp3) is 0.308. The summed E-state index contributed by atoms with van der Waals surface area (Å²) in [6.45, 7) is 0.764. The Morgan fingerprint density at radius 3 is 1.21 bits per heavy atom. The Labute approximate surface area is 244 Å². The van der Waals surface area contributed by atoms with Gasteiger partial charge in [-0.1, -0.05) is 48.5 Å². The zero-order valence-corrected chi connectivity index (χ0v) is 23.5. The number of nitrogens with zero attached hydrogens (tertiary/aromatic N) is 2. The number of rotatable bonds is 5. The highest BCUT2D eigenvalue weighted by atomic mass is 35.5. The van der Waals surface area contributed by atoms with E-state index in [1.165, 1.54) is 0 Å². The first-order valence-corrected chi connectivity index (χ1v) is 11.7. The van der Waals surface area contributed by atoms with Gasteiger partial charge < -0.3 is 20.6 Å². The average Bonchev–Trinajstić information content (AvgIpc) is 3.66. The van der Waals surface area contributed by atoms with Crippen LogP contribution in [-0.4, -0.2) is 45.4 Å². The molecule has 0 radical (unpaired) electrons. The van der Waals surface area contributed by atoms with Crippen molar-refractivity contribution in [2.24, 2.45) is 0 Å². The molecule has 38 heavy (non-hydrogen) atoms. The third-order valence-electron chi connectivity index (χ3n) is 6.73. The molecule has 2 aromatic carbocycles. The molecule has 12 heteroatoms. The molecule has 0 unspecified atom stereocenters. The summed E-state index contributed by atoms with van der Waals surface area (Å²) in [5.74, 6) is 1.56. The lowest BCUT2D eigenvalue weighted by Crippen LogP contribution is -2.14. The normalized spacial score (nSPS) is 22.1. The van der Waals surface area contributed by atoms with E-state index in [-0.39, 0.29) is 61.7 Å². The quantitative estimate of drug-likeness (QED) is 0.207. The van der Waals surface area contributed by atoms with Gasteiger partial charge in [0.25, 0.3) is 0 Å². The monoisotopic (exact) mass is 604 g/mol. The lowest BCUT2D eigenvalue weighted by molar-refractivity contribution is 0.354. The Kier molecular flexibility index (Phi) is 11.6. The molecule has 0 spiro atoms. The second-order valence-electron chi connectivity index (χ2n) is 9.11. The topological polar surface area (TPSA) is 81.4 Å². The van der Waals surface area contributed by atoms with Gasteiger partial charge in [0.2, 0.25) is 0 Å². The van der Waals surface area contributed by atoms with Crippen LogP contribution in [0.15, 0.2) is 60.9 Å². The maximum Gasteiger partial charge on any atom is 0.123 e. The van der Waals surface area contributed by atoms with Crippen LogP contribution >= 0.6 is 49.6 Å². The number of hydrogen-bond acceptors (Lipinski definition) is 4. The van der Waals surface area contributed by atoms with Gasteiger partial charge in [0.1, 0.15) is 24.0 Å². The lowest BCUT2D eigenvalue weighted by atomic mass is 10.0. The second kappa shape index (κ2) is 13.7. The number of imidazole rings is 2. The molecule has 0 saturated carbocycles. The molecule has 4 atom stereocenters. The molecule has 206 valence electrons. The number of hydrogen-bond donors (Lipinski definition) is 4. The van der Waals surface area contributed by atoms with Gasteiger partial charge >= 0.3 is 0 Å². The predicted octanol–water partition coefficient (Wildman–Crippen LogP) is 6.57. The highest BCUT2D eigenvalue weighted by Crippen LogP contribution is 2.30. The van der Waals surface area contributed by atoms with Crippen molar-refractivity contribution in [3.05, 3.63) is 72.6 Å². The van der Waals surface area contributed by atoms with Crippen LogP contribution in [0.2, 0.25) is 0 Å². The summed E-state index contributed by atoms with van der Waals surface area (Å²) in [7, 11) is 0. The molecule has 4 N–H and O–H groups in total. The molecule has 2 aliphatic heterocycles. The summed E-state index contributed by atoms with van der Waals surface area (Å²) in [5, 5.41) is 6.32. The summed E-state index contributed by atoms with van der Waals surface area (Å²) in [6.07, 6.45) is 2.90. The first-order chi connectivity index (χ1) is 16.6. The van der Waals surface area contributed by atoms with E-state index in [1.54, 1.807) is 12.4 Å². The zero-order chi connectivity index (χ0) is 23.1. The fourth-order valence-corrected chi connectivity index (χ4v) is 4.81. The number of H-pyrrole nitrogens is 2. The van der Waals surface area contributed by atoms with Crippen LogP contribution in [0.3, 0.4) is 0 Å². The van der Waals surface area contributed by atoms with Crippen molar-refractivity contribution in [3.8, 4) is 33.6 Å². The maximum absolute atomic E-state index is 13.5. The minimum atomic E-state index is -0.812. The Morgan fingerprint density at radius 2 is 0.895 bits per heavy atom. The van der Waals surface area contributed by atoms with Crippen molar-refractivity contribution in [3.63, 3.8) is 0 Å². The molecule has 0 aliphatic carbocycles. The lowest BCUT2D eigenvalue weighted by Gasteiger charge is -2.07. The molecule has 2 fully saturated rings. The van der Waals surface area contributed by atoms with Crippen molar-refractivity contribution in [1.29, 1.82) is 0 Å². The fourth-order valence-electron chi connectivity index (χ4n) is 4.81. The minimum absolute atomic E-state index is 0. The number of benzene rings is 2. The van der Waals surface area contributed by atoms with Crippen molar-refractivity contribution < 1.29 is 8.78 Å². The Morgan fingerprint density at radius 1 is 0.553 bits per heavy atom. The molecular weight excluding hydrogens is 576 g/mol. The molecular formula is C26H30Cl4F2N6. The highest BCUT2D eigenvalue weighted by Gasteiger charge is 2.28. The van der Waals surface area contributed by atoms with Gasteiger partial charge in [-0.25, -0.2) is 18.7 Å². The molecule has 2 saturated heterocycles. The number of nitrogens with one attached hydrogen (secondary N) is 4. The molecule has 6 nitrogen and oxygen atoms in total. The van der Waals surface area contributed by atoms with Gasteiger partial charge in [0.05, 0.1) is 35.9 Å². The number of alkyl halides is 2. The third-order valence-corrected chi connectivity index (χ3v) is 6.73. The molecule has 4 aromatic rings. The van der Waals surface area contributed by atoms with Gasteiger partial charge in [0.15, 0.2) is 0 Å². The van der Waals surface area contributed by atoms with Crippen LogP contribution in [0, 0.1) is 0 Å². The zero-order valence-electron chi connectivity index (χ0n) is 20.2. The number of aromatic amines is 2. The van der Waals surface area contributed by atoms with Gasteiger partial charge in [0, 0.05) is 25.9 Å². The van der Waals surface area contributed by atoms with Gasteiger partial charge in [-0.3, -0.25) is 0 Å². The molecule has 2 aliphatic rings. The summed E-state index contributed by atoms with van der Waals surface area (Å²) < 4.78 is 26.9. The van der Waals surface area contributed by atoms with Crippen LogP contribution in [-0.2, 0) is 0 Å². The van der Waals surface area contributed by atoms with E-state index in [0.29, 0.717) is 25.9 Å². The average molecular weight is 606 g/mol. The largest absolute Gasteiger partial charge is 0.341 e. The first-order valence-electron chi connectivity index (χ1n) is 11.7. The van der Waals surface area contributed by atoms with Gasteiger partial charge in [-0.05, 0) is 22.3 Å². The third kappa shape index (κ3) is 6.68. The molecule has 0 amide bonds. The second-order valence-corrected chi connectivity index (χ2v) is 9.11. The van der Waals surface area contributed by atoms with E-state index in [9.17, 15) is 8.78 Å². The van der Waals surface area contributed by atoms with Crippen LogP contribution in [0.4, 0.5) is 8.78 Å². The molecule has 2 aromatic heterocycles. The van der Waals surface area contributed by atoms with Crippen molar-refractivity contribution in [1.82, 2.24) is 30.6 Å². The van der Waals surface area contributed by atoms with E-state index in [4.69, 9.17) is 0 Å². The summed E-state index contributed by atoms with van der Waals surface area (Å²) >= 11 is 0. The summed E-state index contributed by atoms with van der Waals surface area (Å²) in [4.78, 5) is 15.5. The van der Waals surface area contributed by atoms with Crippen LogP contribution in [0.25, 0.3) is 33.6 Å². The smallest absolute Gasteiger partial charge is 0.123 e. The predicted molar refractivity (Wildman–Crippen MR) is 157 cm³/mol. The van der Waals surface area contributed by atoms with E-state index in [2.05, 4.69) is 79.1 Å². The van der Waals surface area contributed by atoms with Crippen molar-refractivity contribution in [2.75, 3.05) is 13.1 Å². The molecule has 0 bridgehead atoms. The SMILES string of the molecule is Cl.Cl.Cl.Cl.F[C@H]1CN[C@H](c2ncc(-c3ccc(-c4ccc(-c5cnc([C@@H]6C[C@@H](F)CN6)[nH]5)cc4)cc3)[nH]2)C1. The standard InChI is InChI=1S/C26H26F2N6.4ClH/c27-19-9-21(29-11-19)25-31-13-23(33-25)17-5-1-15(2-6-17)16-3-7-18(8-4-16)24-14-32-26(34-24)22-10-20(28)12-30-22;;;;/h1-8,13-14,19-22,29-30H,9-12H2,(H,31,33)(H,32,34);4*1H/t19-,20-,21+,22+;;;;/m1..../s1. The Balaban J connectivity index is 0.00000127. The summed E-state index contributed by atoms with van der Waals surface area (Å²) in [6, 6.07) is 16.5. The first kappa shape index (κ1) is 32.0. The van der Waals surface area contributed by atoms with Crippen LogP contribution < -0.4 is 10.6 Å². The number of aromatic nitrogens is 4. The van der Waals surface area contributed by atoms with Crippen molar-refractivity contribution >= 4 is 49.6 Å². The van der Waals surface area contributed by atoms with Crippen LogP contribution in [0.1, 0.15) is 36.6 Å².